The first-order valence-electron chi connectivity index (χ1n) is 5.26. The third-order valence-electron chi connectivity index (χ3n) is 2.28. The van der Waals surface area contributed by atoms with E-state index in [-0.39, 0.29) is 5.56 Å². The average molecular weight is 263 g/mol. The summed E-state index contributed by atoms with van der Waals surface area (Å²) in [6.07, 6.45) is 1.47. The van der Waals surface area contributed by atoms with Gasteiger partial charge in [0.1, 0.15) is 5.82 Å². The van der Waals surface area contributed by atoms with E-state index in [1.807, 2.05) is 12.3 Å². The second-order valence-corrected chi connectivity index (χ2v) is 4.80. The lowest BCUT2D eigenvalue weighted by Crippen LogP contribution is -2.16. The number of hydrogen-bond donors (Lipinski definition) is 3. The minimum atomic E-state index is -0.563. The predicted octanol–water partition coefficient (Wildman–Crippen LogP) is 1.14. The summed E-state index contributed by atoms with van der Waals surface area (Å²) in [5.41, 5.74) is 12.4. The molecule has 2 rings (SSSR count). The Balaban J connectivity index is 2.16. The molecule has 0 aliphatic carbocycles. The van der Waals surface area contributed by atoms with E-state index in [0.29, 0.717) is 18.1 Å². The van der Waals surface area contributed by atoms with Crippen LogP contribution in [0.4, 0.5) is 11.5 Å². The Hall–Kier alpha value is -2.15. The van der Waals surface area contributed by atoms with E-state index in [0.717, 1.165) is 10.7 Å². The summed E-state index contributed by atoms with van der Waals surface area (Å²) < 4.78 is 0. The maximum absolute atomic E-state index is 11.3. The fraction of sp³-hybridized carbons (Fsp3) is 0.182. The number of nitrogen functional groups attached to an aromatic ring is 1. The number of carbonyl (C=O) groups excluding carboxylic acids is 1. The van der Waals surface area contributed by atoms with E-state index in [1.54, 1.807) is 11.3 Å². The van der Waals surface area contributed by atoms with E-state index in [9.17, 15) is 4.79 Å². The van der Waals surface area contributed by atoms with Crippen molar-refractivity contribution in [3.05, 3.63) is 33.9 Å². The topological polar surface area (TPSA) is 107 Å². The van der Waals surface area contributed by atoms with Gasteiger partial charge in [0.15, 0.2) is 0 Å². The van der Waals surface area contributed by atoms with Gasteiger partial charge in [-0.25, -0.2) is 9.97 Å². The van der Waals surface area contributed by atoms with Gasteiger partial charge in [-0.05, 0) is 13.0 Å². The van der Waals surface area contributed by atoms with Gasteiger partial charge < -0.3 is 16.8 Å². The Morgan fingerprint density at radius 1 is 1.56 bits per heavy atom. The molecule has 0 saturated carbocycles. The van der Waals surface area contributed by atoms with E-state index in [4.69, 9.17) is 11.5 Å². The van der Waals surface area contributed by atoms with Crippen LogP contribution in [0.25, 0.3) is 0 Å². The molecule has 0 aliphatic heterocycles. The molecule has 2 aromatic heterocycles. The highest BCUT2D eigenvalue weighted by Gasteiger charge is 2.10. The van der Waals surface area contributed by atoms with Gasteiger partial charge in [0, 0.05) is 5.38 Å². The summed E-state index contributed by atoms with van der Waals surface area (Å²) in [6, 6.07) is 1.50. The lowest BCUT2D eigenvalue weighted by Gasteiger charge is -2.08. The van der Waals surface area contributed by atoms with Gasteiger partial charge in [0.2, 0.25) is 0 Å². The summed E-state index contributed by atoms with van der Waals surface area (Å²) in [6.45, 7) is 2.42. The number of carbonyl (C=O) groups is 1. The van der Waals surface area contributed by atoms with E-state index >= 15 is 0 Å². The molecule has 0 fully saturated rings. The van der Waals surface area contributed by atoms with Crippen LogP contribution >= 0.6 is 11.3 Å². The van der Waals surface area contributed by atoms with Crippen molar-refractivity contribution in [2.24, 2.45) is 5.73 Å². The van der Waals surface area contributed by atoms with Crippen LogP contribution in [0.5, 0.6) is 0 Å². The van der Waals surface area contributed by atoms with Crippen LogP contribution in [-0.2, 0) is 6.54 Å². The van der Waals surface area contributed by atoms with Crippen LogP contribution in [0.2, 0.25) is 0 Å². The second-order valence-electron chi connectivity index (χ2n) is 3.74. The highest BCUT2D eigenvalue weighted by molar-refractivity contribution is 7.09. The lowest BCUT2D eigenvalue weighted by atomic mass is 10.2. The first kappa shape index (κ1) is 12.3. The quantitative estimate of drug-likeness (QED) is 0.766. The second kappa shape index (κ2) is 5.01. The van der Waals surface area contributed by atoms with Crippen molar-refractivity contribution >= 4 is 28.7 Å². The van der Waals surface area contributed by atoms with Crippen LogP contribution in [0.15, 0.2) is 17.6 Å². The summed E-state index contributed by atoms with van der Waals surface area (Å²) in [5, 5.41) is 5.97. The molecule has 0 aromatic carbocycles. The Kier molecular flexibility index (Phi) is 3.42. The highest BCUT2D eigenvalue weighted by Crippen LogP contribution is 2.16. The molecule has 0 radical (unpaired) electrons. The number of hydrogen-bond acceptors (Lipinski definition) is 6. The van der Waals surface area contributed by atoms with Crippen molar-refractivity contribution < 1.29 is 4.79 Å². The number of aryl methyl sites for hydroxylation is 1. The van der Waals surface area contributed by atoms with Crippen molar-refractivity contribution in [2.75, 3.05) is 11.1 Å². The van der Waals surface area contributed by atoms with Crippen molar-refractivity contribution in [3.63, 3.8) is 0 Å². The smallest absolute Gasteiger partial charge is 0.252 e. The van der Waals surface area contributed by atoms with Gasteiger partial charge in [-0.3, -0.25) is 4.79 Å². The number of nitrogens with zero attached hydrogens (tertiary/aromatic N) is 2. The van der Waals surface area contributed by atoms with Crippen LogP contribution in [0.1, 0.15) is 21.1 Å². The minimum Gasteiger partial charge on any atom is -0.397 e. The molecule has 2 aromatic rings. The zero-order chi connectivity index (χ0) is 13.1. The Labute approximate surface area is 108 Å². The number of thiazole rings is 1. The molecule has 0 bridgehead atoms. The number of rotatable bonds is 4. The molecule has 94 valence electrons. The number of amides is 1. The fourth-order valence-corrected chi connectivity index (χ4v) is 2.09. The van der Waals surface area contributed by atoms with Gasteiger partial charge in [-0.15, -0.1) is 11.3 Å². The van der Waals surface area contributed by atoms with Crippen LogP contribution in [0, 0.1) is 6.92 Å². The molecule has 0 saturated heterocycles. The third-order valence-corrected chi connectivity index (χ3v) is 3.10. The zero-order valence-corrected chi connectivity index (χ0v) is 10.6. The molecule has 5 N–H and O–H groups in total. The Bertz CT molecular complexity index is 581. The molecule has 1 amide bonds. The molecule has 2 heterocycles. The van der Waals surface area contributed by atoms with Crippen molar-refractivity contribution in [1.82, 2.24) is 9.97 Å². The first-order valence-corrected chi connectivity index (χ1v) is 6.14. The summed E-state index contributed by atoms with van der Waals surface area (Å²) >= 11 is 1.57. The van der Waals surface area contributed by atoms with Crippen LogP contribution in [-0.4, -0.2) is 15.9 Å². The predicted molar refractivity (Wildman–Crippen MR) is 71.3 cm³/mol. The SMILES string of the molecule is Cc1nc(CNc2ncc(N)cc2C(N)=O)cs1. The number of nitrogens with one attached hydrogen (secondary N) is 1. The number of aromatic nitrogens is 2. The van der Waals surface area contributed by atoms with E-state index < -0.39 is 5.91 Å². The molecular weight excluding hydrogens is 250 g/mol. The molecule has 0 aliphatic rings. The number of anilines is 2. The number of primary amides is 1. The zero-order valence-electron chi connectivity index (χ0n) is 9.80. The summed E-state index contributed by atoms with van der Waals surface area (Å²) in [7, 11) is 0. The van der Waals surface area contributed by atoms with E-state index in [2.05, 4.69) is 15.3 Å². The maximum atomic E-state index is 11.3. The molecule has 0 unspecified atom stereocenters. The molecule has 0 spiro atoms. The molecule has 7 heteroatoms. The largest absolute Gasteiger partial charge is 0.397 e. The Morgan fingerprint density at radius 2 is 2.33 bits per heavy atom. The molecule has 0 atom stereocenters. The monoisotopic (exact) mass is 263 g/mol. The van der Waals surface area contributed by atoms with Crippen LogP contribution < -0.4 is 16.8 Å². The third kappa shape index (κ3) is 2.75. The molecular formula is C11H13N5OS. The molecule has 18 heavy (non-hydrogen) atoms. The maximum Gasteiger partial charge on any atom is 0.252 e. The fourth-order valence-electron chi connectivity index (χ4n) is 1.47. The van der Waals surface area contributed by atoms with Gasteiger partial charge in [0.05, 0.1) is 34.7 Å². The molecule has 6 nitrogen and oxygen atoms in total. The number of pyridine rings is 1. The van der Waals surface area contributed by atoms with Gasteiger partial charge in [-0.2, -0.15) is 0 Å². The van der Waals surface area contributed by atoms with E-state index in [1.165, 1.54) is 12.3 Å². The summed E-state index contributed by atoms with van der Waals surface area (Å²) in [4.78, 5) is 19.6. The van der Waals surface area contributed by atoms with Crippen LogP contribution in [0.3, 0.4) is 0 Å². The minimum absolute atomic E-state index is 0.280. The Morgan fingerprint density at radius 3 is 2.94 bits per heavy atom. The lowest BCUT2D eigenvalue weighted by molar-refractivity contribution is 0.100. The van der Waals surface area contributed by atoms with Crippen molar-refractivity contribution in [1.29, 1.82) is 0 Å². The first-order chi connectivity index (χ1) is 8.56. The average Bonchev–Trinajstić information content (AvgIpc) is 2.73. The van der Waals surface area contributed by atoms with Gasteiger partial charge in [0.25, 0.3) is 5.91 Å². The standard InChI is InChI=1S/C11H13N5OS/c1-6-16-8(5-18-6)4-15-11-9(10(13)17)2-7(12)3-14-11/h2-3,5H,4,12H2,1H3,(H2,13,17)(H,14,15). The van der Waals surface area contributed by atoms with Crippen molar-refractivity contribution in [3.8, 4) is 0 Å². The normalized spacial score (nSPS) is 10.3. The summed E-state index contributed by atoms with van der Waals surface area (Å²) in [5.74, 6) is -0.144. The van der Waals surface area contributed by atoms with Gasteiger partial charge in [-0.1, -0.05) is 0 Å². The highest BCUT2D eigenvalue weighted by atomic mass is 32.1. The number of nitrogens with two attached hydrogens (primary N) is 2. The van der Waals surface area contributed by atoms with Gasteiger partial charge >= 0.3 is 0 Å². The van der Waals surface area contributed by atoms with Crippen molar-refractivity contribution in [2.45, 2.75) is 13.5 Å².